The number of amides is 1. The van der Waals surface area contributed by atoms with Crippen LogP contribution in [0.3, 0.4) is 0 Å². The van der Waals surface area contributed by atoms with E-state index in [2.05, 4.69) is 4.98 Å². The molecular formula is C17H14N2O3. The van der Waals surface area contributed by atoms with Gasteiger partial charge in [-0.15, -0.1) is 0 Å². The zero-order valence-corrected chi connectivity index (χ0v) is 11.9. The maximum atomic E-state index is 11.8. The number of hydrogen-bond acceptors (Lipinski definition) is 3. The smallest absolute Gasteiger partial charge is 0.289 e. The first kappa shape index (κ1) is 13.9. The van der Waals surface area contributed by atoms with E-state index in [0.717, 1.165) is 11.1 Å². The van der Waals surface area contributed by atoms with E-state index in [1.54, 1.807) is 18.2 Å². The van der Waals surface area contributed by atoms with Crippen molar-refractivity contribution in [1.82, 2.24) is 4.98 Å². The molecule has 1 aromatic heterocycles. The summed E-state index contributed by atoms with van der Waals surface area (Å²) in [6, 6.07) is 12.9. The minimum atomic E-state index is -0.981. The van der Waals surface area contributed by atoms with E-state index in [1.165, 1.54) is 6.20 Å². The van der Waals surface area contributed by atoms with Crippen LogP contribution in [0.1, 0.15) is 15.9 Å². The molecule has 0 aliphatic rings. The van der Waals surface area contributed by atoms with Gasteiger partial charge < -0.3 is 15.5 Å². The van der Waals surface area contributed by atoms with Crippen molar-refractivity contribution in [3.8, 4) is 11.5 Å². The Labute approximate surface area is 126 Å². The number of ketones is 1. The number of carbonyl (C=O) groups is 2. The van der Waals surface area contributed by atoms with Crippen molar-refractivity contribution < 1.29 is 14.3 Å². The number of nitrogens with two attached hydrogens (primary N) is 1. The summed E-state index contributed by atoms with van der Waals surface area (Å²) in [7, 11) is 0. The normalized spacial score (nSPS) is 10.6. The Morgan fingerprint density at radius 2 is 1.73 bits per heavy atom. The first-order chi connectivity index (χ1) is 10.5. The van der Waals surface area contributed by atoms with Crippen LogP contribution in [-0.4, -0.2) is 16.7 Å². The summed E-state index contributed by atoms with van der Waals surface area (Å²) in [6.45, 7) is 2.00. The Hall–Kier alpha value is -3.08. The third kappa shape index (κ3) is 2.56. The highest BCUT2D eigenvalue weighted by Crippen LogP contribution is 2.27. The van der Waals surface area contributed by atoms with Crippen LogP contribution in [-0.2, 0) is 4.79 Å². The molecule has 1 amide bonds. The van der Waals surface area contributed by atoms with E-state index >= 15 is 0 Å². The Morgan fingerprint density at radius 1 is 1.05 bits per heavy atom. The second kappa shape index (κ2) is 5.37. The largest absolute Gasteiger partial charge is 0.457 e. The Kier molecular flexibility index (Phi) is 3.39. The van der Waals surface area contributed by atoms with Crippen LogP contribution in [0.4, 0.5) is 0 Å². The van der Waals surface area contributed by atoms with Crippen molar-refractivity contribution in [2.24, 2.45) is 5.73 Å². The predicted molar refractivity (Wildman–Crippen MR) is 83.1 cm³/mol. The molecule has 3 N–H and O–H groups in total. The number of fused-ring (bicyclic) bond motifs is 1. The van der Waals surface area contributed by atoms with E-state index in [4.69, 9.17) is 10.5 Å². The molecule has 110 valence electrons. The van der Waals surface area contributed by atoms with E-state index in [0.29, 0.717) is 16.9 Å². The molecule has 1 heterocycles. The average Bonchev–Trinajstić information content (AvgIpc) is 2.92. The highest BCUT2D eigenvalue weighted by atomic mass is 16.5. The summed E-state index contributed by atoms with van der Waals surface area (Å²) in [5, 5.41) is 0.605. The van der Waals surface area contributed by atoms with Gasteiger partial charge in [0.2, 0.25) is 0 Å². The topological polar surface area (TPSA) is 85.2 Å². The lowest BCUT2D eigenvalue weighted by molar-refractivity contribution is -0.114. The van der Waals surface area contributed by atoms with Gasteiger partial charge in [-0.1, -0.05) is 17.7 Å². The maximum absolute atomic E-state index is 11.8. The lowest BCUT2D eigenvalue weighted by Gasteiger charge is -2.06. The van der Waals surface area contributed by atoms with Crippen molar-refractivity contribution >= 4 is 22.6 Å². The molecule has 5 heteroatoms. The lowest BCUT2D eigenvalue weighted by atomic mass is 10.1. The molecule has 0 aliphatic carbocycles. The Bertz CT molecular complexity index is 863. The van der Waals surface area contributed by atoms with E-state index < -0.39 is 11.7 Å². The molecule has 0 unspecified atom stereocenters. The molecular weight excluding hydrogens is 280 g/mol. The summed E-state index contributed by atoms with van der Waals surface area (Å²) < 4.78 is 5.76. The van der Waals surface area contributed by atoms with E-state index in [-0.39, 0.29) is 5.56 Å². The molecule has 0 atom stereocenters. The summed E-state index contributed by atoms with van der Waals surface area (Å²) in [5.74, 6) is -0.428. The maximum Gasteiger partial charge on any atom is 0.289 e. The van der Waals surface area contributed by atoms with Gasteiger partial charge in [-0.3, -0.25) is 9.59 Å². The Balaban J connectivity index is 1.98. The minimum Gasteiger partial charge on any atom is -0.457 e. The third-order valence-electron chi connectivity index (χ3n) is 3.38. The van der Waals surface area contributed by atoms with Gasteiger partial charge in [0.15, 0.2) is 0 Å². The number of aryl methyl sites for hydroxylation is 1. The van der Waals surface area contributed by atoms with Gasteiger partial charge in [0, 0.05) is 17.1 Å². The number of nitrogens with one attached hydrogen (secondary N) is 1. The molecule has 5 nitrogen and oxygen atoms in total. The number of rotatable bonds is 4. The van der Waals surface area contributed by atoms with Crippen molar-refractivity contribution in [2.45, 2.75) is 6.92 Å². The van der Waals surface area contributed by atoms with Crippen LogP contribution in [0.15, 0.2) is 48.7 Å². The first-order valence-electron chi connectivity index (χ1n) is 6.74. The minimum absolute atomic E-state index is 0.247. The number of benzene rings is 2. The van der Waals surface area contributed by atoms with Gasteiger partial charge in [0.25, 0.3) is 11.7 Å². The fourth-order valence-electron chi connectivity index (χ4n) is 2.23. The van der Waals surface area contributed by atoms with Crippen molar-refractivity contribution in [3.63, 3.8) is 0 Å². The predicted octanol–water partition coefficient (Wildman–Crippen LogP) is 2.94. The van der Waals surface area contributed by atoms with Gasteiger partial charge in [-0.2, -0.15) is 0 Å². The number of primary amides is 1. The molecule has 0 aliphatic heterocycles. The quantitative estimate of drug-likeness (QED) is 0.573. The van der Waals surface area contributed by atoms with Gasteiger partial charge >= 0.3 is 0 Å². The summed E-state index contributed by atoms with van der Waals surface area (Å²) in [5.41, 5.74) is 7.19. The number of hydrogen-bond donors (Lipinski definition) is 2. The van der Waals surface area contributed by atoms with Gasteiger partial charge in [0.05, 0.1) is 5.56 Å². The van der Waals surface area contributed by atoms with Crippen LogP contribution in [0, 0.1) is 6.92 Å². The average molecular weight is 294 g/mol. The third-order valence-corrected chi connectivity index (χ3v) is 3.38. The van der Waals surface area contributed by atoms with Gasteiger partial charge in [-0.05, 0) is 37.3 Å². The molecule has 0 fully saturated rings. The highest BCUT2D eigenvalue weighted by Gasteiger charge is 2.17. The number of H-pyrrole nitrogens is 1. The zero-order chi connectivity index (χ0) is 15.7. The van der Waals surface area contributed by atoms with Gasteiger partial charge in [0.1, 0.15) is 11.5 Å². The van der Waals surface area contributed by atoms with Crippen LogP contribution < -0.4 is 10.5 Å². The molecule has 0 radical (unpaired) electrons. The number of ether oxygens (including phenoxy) is 1. The van der Waals surface area contributed by atoms with Crippen molar-refractivity contribution in [3.05, 3.63) is 59.8 Å². The SMILES string of the molecule is Cc1ccc(Oc2ccc3[nH]cc(C(=O)C(N)=O)c3c2)cc1. The number of aromatic nitrogens is 1. The van der Waals surface area contributed by atoms with Crippen LogP contribution in [0.2, 0.25) is 0 Å². The summed E-state index contributed by atoms with van der Waals surface area (Å²) >= 11 is 0. The molecule has 0 spiro atoms. The van der Waals surface area contributed by atoms with Crippen molar-refractivity contribution in [2.75, 3.05) is 0 Å². The fraction of sp³-hybridized carbons (Fsp3) is 0.0588. The molecule has 0 saturated carbocycles. The second-order valence-corrected chi connectivity index (χ2v) is 5.02. The molecule has 22 heavy (non-hydrogen) atoms. The molecule has 2 aromatic carbocycles. The summed E-state index contributed by atoms with van der Waals surface area (Å²) in [4.78, 5) is 25.8. The van der Waals surface area contributed by atoms with E-state index in [1.807, 2.05) is 31.2 Å². The number of Topliss-reactive ketones (excluding diaryl/α,β-unsaturated/α-hetero) is 1. The number of carbonyl (C=O) groups excluding carboxylic acids is 2. The fourth-order valence-corrected chi connectivity index (χ4v) is 2.23. The monoisotopic (exact) mass is 294 g/mol. The first-order valence-corrected chi connectivity index (χ1v) is 6.74. The van der Waals surface area contributed by atoms with Crippen molar-refractivity contribution in [1.29, 1.82) is 0 Å². The van der Waals surface area contributed by atoms with Crippen LogP contribution in [0.25, 0.3) is 10.9 Å². The highest BCUT2D eigenvalue weighted by molar-refractivity contribution is 6.44. The van der Waals surface area contributed by atoms with Gasteiger partial charge in [-0.25, -0.2) is 0 Å². The molecule has 3 aromatic rings. The van der Waals surface area contributed by atoms with Crippen LogP contribution in [0.5, 0.6) is 11.5 Å². The summed E-state index contributed by atoms with van der Waals surface area (Å²) in [6.07, 6.45) is 1.48. The molecule has 0 bridgehead atoms. The molecule has 0 saturated heterocycles. The number of aromatic amines is 1. The second-order valence-electron chi connectivity index (χ2n) is 5.02. The zero-order valence-electron chi connectivity index (χ0n) is 11.9. The van der Waals surface area contributed by atoms with Crippen LogP contribution >= 0.6 is 0 Å². The lowest BCUT2D eigenvalue weighted by Crippen LogP contribution is -2.22. The molecule has 3 rings (SSSR count). The standard InChI is InChI=1S/C17H14N2O3/c1-10-2-4-11(5-3-10)22-12-6-7-15-13(8-12)14(9-19-15)16(20)17(18)21/h2-9,19H,1H3,(H2,18,21). The van der Waals surface area contributed by atoms with E-state index in [9.17, 15) is 9.59 Å². The Morgan fingerprint density at radius 3 is 2.41 bits per heavy atom.